The second-order valence-electron chi connectivity index (χ2n) is 7.45. The summed E-state index contributed by atoms with van der Waals surface area (Å²) in [6.45, 7) is 6.13. The van der Waals surface area contributed by atoms with Crippen LogP contribution >= 0.6 is 0 Å². The van der Waals surface area contributed by atoms with E-state index >= 15 is 0 Å². The lowest BCUT2D eigenvalue weighted by Crippen LogP contribution is -2.37. The molecule has 1 amide bonds. The van der Waals surface area contributed by atoms with Crippen molar-refractivity contribution < 1.29 is 24.5 Å². The number of nitrogens with one attached hydrogen (secondary N) is 1. The Morgan fingerprint density at radius 1 is 1.18 bits per heavy atom. The average molecular weight is 395 g/mol. The maximum atomic E-state index is 12.1. The third kappa shape index (κ3) is 8.27. The van der Waals surface area contributed by atoms with Crippen molar-refractivity contribution in [2.75, 3.05) is 13.2 Å². The fraction of sp³-hybridized carbons (Fsp3) is 0.619. The molecule has 0 aromatic heterocycles. The lowest BCUT2D eigenvalue weighted by Gasteiger charge is -2.33. The number of nitrogens with two attached hydrogens (primary N) is 1. The Labute approximate surface area is 167 Å². The Balaban J connectivity index is 0.000000892. The summed E-state index contributed by atoms with van der Waals surface area (Å²) in [5.74, 6) is -0.752. The molecule has 158 valence electrons. The van der Waals surface area contributed by atoms with Gasteiger partial charge in [-0.2, -0.15) is 0 Å². The van der Waals surface area contributed by atoms with Gasteiger partial charge >= 0.3 is 12.1 Å². The lowest BCUT2D eigenvalue weighted by atomic mass is 9.76. The molecule has 0 radical (unpaired) electrons. The zero-order valence-corrected chi connectivity index (χ0v) is 17.1. The maximum Gasteiger partial charge on any atom is 0.407 e. The van der Waals surface area contributed by atoms with E-state index in [0.29, 0.717) is 19.4 Å². The monoisotopic (exact) mass is 394 g/mol. The van der Waals surface area contributed by atoms with E-state index in [1.54, 1.807) is 0 Å². The summed E-state index contributed by atoms with van der Waals surface area (Å²) >= 11 is 0. The van der Waals surface area contributed by atoms with Gasteiger partial charge in [-0.1, -0.05) is 29.8 Å². The number of carbonyl (C=O) groups excluding carboxylic acids is 1. The lowest BCUT2D eigenvalue weighted by molar-refractivity contribution is -0.143. The summed E-state index contributed by atoms with van der Waals surface area (Å²) in [6.07, 6.45) is 2.30. The largest absolute Gasteiger partial charge is 0.481 e. The van der Waals surface area contributed by atoms with Gasteiger partial charge < -0.3 is 26.0 Å². The summed E-state index contributed by atoms with van der Waals surface area (Å²) in [5, 5.41) is 19.9. The molecule has 28 heavy (non-hydrogen) atoms. The van der Waals surface area contributed by atoms with Crippen LogP contribution in [0.2, 0.25) is 0 Å². The van der Waals surface area contributed by atoms with E-state index in [9.17, 15) is 9.59 Å². The van der Waals surface area contributed by atoms with Crippen molar-refractivity contribution >= 4 is 12.1 Å². The number of aryl methyl sites for hydroxylation is 1. The van der Waals surface area contributed by atoms with Crippen LogP contribution in [0.5, 0.6) is 0 Å². The van der Waals surface area contributed by atoms with Crippen LogP contribution < -0.4 is 11.1 Å². The molecule has 7 heteroatoms. The van der Waals surface area contributed by atoms with Crippen molar-refractivity contribution in [1.29, 1.82) is 0 Å². The highest BCUT2D eigenvalue weighted by Gasteiger charge is 2.32. The van der Waals surface area contributed by atoms with Crippen molar-refractivity contribution in [3.8, 4) is 0 Å². The minimum Gasteiger partial charge on any atom is -0.481 e. The predicted octanol–water partition coefficient (Wildman–Crippen LogP) is 3.00. The number of ether oxygens (including phenoxy) is 1. The van der Waals surface area contributed by atoms with Crippen LogP contribution in [-0.4, -0.2) is 41.5 Å². The second-order valence-corrected chi connectivity index (χ2v) is 7.45. The highest BCUT2D eigenvalue weighted by molar-refractivity contribution is 5.70. The van der Waals surface area contributed by atoms with Gasteiger partial charge in [0.1, 0.15) is 0 Å². The molecular weight excluding hydrogens is 360 g/mol. The van der Waals surface area contributed by atoms with Gasteiger partial charge in [0, 0.05) is 6.54 Å². The van der Waals surface area contributed by atoms with Crippen LogP contribution in [0.4, 0.5) is 4.79 Å². The first-order chi connectivity index (χ1) is 13.3. The molecule has 1 fully saturated rings. The molecule has 1 atom stereocenters. The Hall–Kier alpha value is -2.12. The van der Waals surface area contributed by atoms with Gasteiger partial charge in [0.15, 0.2) is 0 Å². The molecule has 1 saturated carbocycles. The van der Waals surface area contributed by atoms with Crippen molar-refractivity contribution in [2.24, 2.45) is 17.6 Å². The summed E-state index contributed by atoms with van der Waals surface area (Å²) < 4.78 is 5.23. The zero-order chi connectivity index (χ0) is 21.1. The summed E-state index contributed by atoms with van der Waals surface area (Å²) in [6, 6.07) is 7.96. The number of amides is 1. The Morgan fingerprint density at radius 2 is 1.71 bits per heavy atom. The molecule has 5 N–H and O–H groups in total. The molecule has 1 unspecified atom stereocenters. The van der Waals surface area contributed by atoms with Crippen LogP contribution in [0.15, 0.2) is 24.3 Å². The molecular formula is C21H34N2O5. The number of aliphatic hydroxyl groups is 1. The maximum absolute atomic E-state index is 12.1. The van der Waals surface area contributed by atoms with Crippen molar-refractivity contribution in [3.63, 3.8) is 0 Å². The number of carboxylic acids is 1. The molecule has 1 aliphatic rings. The topological polar surface area (TPSA) is 122 Å². The fourth-order valence-electron chi connectivity index (χ4n) is 3.32. The standard InChI is InChI=1S/C19H27NO4.C2H7NO/c1-12(2)24-19(23)20-17(14-6-4-13(3)5-7-14)15-8-10-16(11-9-15)18(21)22;3-1-2-4/h4-7,12,15-17H,8-11H2,1-3H3,(H,20,23)(H,21,22);4H,1-3H2. The SMILES string of the molecule is Cc1ccc(C(NC(=O)OC(C)C)C2CCC(C(=O)O)CC2)cc1.NCCO. The molecule has 1 aromatic rings. The van der Waals surface area contributed by atoms with E-state index in [1.807, 2.05) is 45.0 Å². The summed E-state index contributed by atoms with van der Waals surface area (Å²) in [5.41, 5.74) is 6.98. The van der Waals surface area contributed by atoms with Gasteiger partial charge in [-0.15, -0.1) is 0 Å². The minimum absolute atomic E-state index is 0.0972. The van der Waals surface area contributed by atoms with Crippen LogP contribution in [0.25, 0.3) is 0 Å². The molecule has 0 heterocycles. The first kappa shape index (κ1) is 23.9. The van der Waals surface area contributed by atoms with E-state index in [2.05, 4.69) is 5.32 Å². The van der Waals surface area contributed by atoms with Gasteiger partial charge in [0.05, 0.1) is 24.7 Å². The third-order valence-corrected chi connectivity index (χ3v) is 4.77. The van der Waals surface area contributed by atoms with E-state index in [0.717, 1.165) is 24.0 Å². The van der Waals surface area contributed by atoms with Crippen LogP contribution in [0.3, 0.4) is 0 Å². The summed E-state index contributed by atoms with van der Waals surface area (Å²) in [4.78, 5) is 23.2. The van der Waals surface area contributed by atoms with Gasteiger partial charge in [-0.25, -0.2) is 4.79 Å². The molecule has 7 nitrogen and oxygen atoms in total. The van der Waals surface area contributed by atoms with Crippen molar-refractivity contribution in [1.82, 2.24) is 5.32 Å². The number of carboxylic acid groups (broad SMARTS) is 1. The van der Waals surface area contributed by atoms with Crippen molar-refractivity contribution in [3.05, 3.63) is 35.4 Å². The number of carbonyl (C=O) groups is 2. The van der Waals surface area contributed by atoms with E-state index < -0.39 is 12.1 Å². The first-order valence-corrected chi connectivity index (χ1v) is 9.85. The smallest absolute Gasteiger partial charge is 0.407 e. The van der Waals surface area contributed by atoms with E-state index in [1.165, 1.54) is 0 Å². The minimum atomic E-state index is -0.715. The number of aliphatic carboxylic acids is 1. The molecule has 0 saturated heterocycles. The van der Waals surface area contributed by atoms with Gasteiger partial charge in [0.2, 0.25) is 0 Å². The normalized spacial score (nSPS) is 19.9. The molecule has 0 spiro atoms. The second kappa shape index (κ2) is 12.4. The van der Waals surface area contributed by atoms with Gasteiger partial charge in [0.25, 0.3) is 0 Å². The molecule has 2 rings (SSSR count). The van der Waals surface area contributed by atoms with Gasteiger partial charge in [-0.3, -0.25) is 4.79 Å². The van der Waals surface area contributed by atoms with Crippen LogP contribution in [-0.2, 0) is 9.53 Å². The number of rotatable bonds is 6. The number of aliphatic hydroxyl groups excluding tert-OH is 1. The van der Waals surface area contributed by atoms with E-state index in [4.69, 9.17) is 20.7 Å². The number of benzene rings is 1. The Bertz CT molecular complexity index is 593. The molecule has 0 bridgehead atoms. The molecule has 0 aliphatic heterocycles. The third-order valence-electron chi connectivity index (χ3n) is 4.77. The van der Waals surface area contributed by atoms with E-state index in [-0.39, 0.29) is 30.6 Å². The summed E-state index contributed by atoms with van der Waals surface area (Å²) in [7, 11) is 0. The first-order valence-electron chi connectivity index (χ1n) is 9.85. The predicted molar refractivity (Wildman–Crippen MR) is 108 cm³/mol. The van der Waals surface area contributed by atoms with Gasteiger partial charge in [-0.05, 0) is 57.9 Å². The van der Waals surface area contributed by atoms with Crippen LogP contribution in [0.1, 0.15) is 56.7 Å². The fourth-order valence-corrected chi connectivity index (χ4v) is 3.32. The molecule has 1 aliphatic carbocycles. The number of hydrogen-bond donors (Lipinski definition) is 4. The van der Waals surface area contributed by atoms with Crippen LogP contribution in [0, 0.1) is 18.8 Å². The average Bonchev–Trinajstić information content (AvgIpc) is 2.66. The number of hydrogen-bond acceptors (Lipinski definition) is 5. The quantitative estimate of drug-likeness (QED) is 0.588. The Morgan fingerprint density at radius 3 is 2.14 bits per heavy atom. The zero-order valence-electron chi connectivity index (χ0n) is 17.1. The molecule has 1 aromatic carbocycles. The highest BCUT2D eigenvalue weighted by atomic mass is 16.6. The highest BCUT2D eigenvalue weighted by Crippen LogP contribution is 2.37. The number of alkyl carbamates (subject to hydrolysis) is 1. The Kier molecular flexibility index (Phi) is 10.6. The van der Waals surface area contributed by atoms with Crippen molar-refractivity contribution in [2.45, 2.75) is 58.6 Å².